The Morgan fingerprint density at radius 2 is 1.52 bits per heavy atom. The predicted molar refractivity (Wildman–Crippen MR) is 104 cm³/mol. The van der Waals surface area contributed by atoms with Crippen molar-refractivity contribution < 1.29 is 4.74 Å². The molecule has 3 saturated heterocycles. The average Bonchev–Trinajstić information content (AvgIpc) is 3.23. The highest BCUT2D eigenvalue weighted by Crippen LogP contribution is 2.32. The zero-order valence-electron chi connectivity index (χ0n) is 15.7. The van der Waals surface area contributed by atoms with Crippen LogP contribution in [0.5, 0.6) is 5.75 Å². The highest BCUT2D eigenvalue weighted by molar-refractivity contribution is 5.58. The van der Waals surface area contributed by atoms with Crippen LogP contribution in [0.1, 0.15) is 38.5 Å². The van der Waals surface area contributed by atoms with E-state index in [1.54, 1.807) is 7.11 Å². The van der Waals surface area contributed by atoms with Crippen LogP contribution in [-0.2, 0) is 0 Å². The molecule has 3 aliphatic rings. The van der Waals surface area contributed by atoms with Crippen LogP contribution in [-0.4, -0.2) is 68.3 Å². The van der Waals surface area contributed by atoms with Gasteiger partial charge < -0.3 is 9.64 Å². The summed E-state index contributed by atoms with van der Waals surface area (Å²) in [6.45, 7) is 7.59. The number of rotatable bonds is 4. The maximum atomic E-state index is 5.56. The standard InChI is InChI=1S/C21H33N3O/c1-25-21-9-3-2-8-20(21)23-15-10-18(11-16-23)24-14-6-7-19(17-24)22-12-4-5-13-22/h2-3,8-9,18-19H,4-7,10-17H2,1H3. The van der Waals surface area contributed by atoms with Gasteiger partial charge in [-0.15, -0.1) is 0 Å². The van der Waals surface area contributed by atoms with Crippen LogP contribution in [0.2, 0.25) is 0 Å². The van der Waals surface area contributed by atoms with Crippen molar-refractivity contribution in [1.82, 2.24) is 9.80 Å². The van der Waals surface area contributed by atoms with Crippen LogP contribution in [0.4, 0.5) is 5.69 Å². The number of likely N-dealkylation sites (tertiary alicyclic amines) is 2. The number of benzene rings is 1. The number of hydrogen-bond acceptors (Lipinski definition) is 4. The number of hydrogen-bond donors (Lipinski definition) is 0. The molecule has 0 amide bonds. The fourth-order valence-corrected chi connectivity index (χ4v) is 5.08. The van der Waals surface area contributed by atoms with Gasteiger partial charge in [-0.2, -0.15) is 0 Å². The van der Waals surface area contributed by atoms with Crippen LogP contribution in [0.25, 0.3) is 0 Å². The molecule has 4 nitrogen and oxygen atoms in total. The van der Waals surface area contributed by atoms with Gasteiger partial charge in [0.1, 0.15) is 5.75 Å². The molecule has 25 heavy (non-hydrogen) atoms. The molecular formula is C21H33N3O. The van der Waals surface area contributed by atoms with E-state index in [1.807, 2.05) is 0 Å². The topological polar surface area (TPSA) is 19.0 Å². The lowest BCUT2D eigenvalue weighted by Crippen LogP contribution is -2.53. The van der Waals surface area contributed by atoms with Gasteiger partial charge in [0.25, 0.3) is 0 Å². The van der Waals surface area contributed by atoms with Crippen molar-refractivity contribution in [2.24, 2.45) is 0 Å². The average molecular weight is 344 g/mol. The van der Waals surface area contributed by atoms with Gasteiger partial charge in [-0.3, -0.25) is 9.80 Å². The quantitative estimate of drug-likeness (QED) is 0.835. The molecule has 1 aromatic rings. The van der Waals surface area contributed by atoms with E-state index in [4.69, 9.17) is 4.74 Å². The van der Waals surface area contributed by atoms with Crippen molar-refractivity contribution in [2.45, 2.75) is 50.6 Å². The first-order valence-corrected chi connectivity index (χ1v) is 10.2. The van der Waals surface area contributed by atoms with Crippen LogP contribution < -0.4 is 9.64 Å². The highest BCUT2D eigenvalue weighted by atomic mass is 16.5. The maximum absolute atomic E-state index is 5.56. The summed E-state index contributed by atoms with van der Waals surface area (Å²) in [7, 11) is 1.78. The van der Waals surface area contributed by atoms with E-state index < -0.39 is 0 Å². The lowest BCUT2D eigenvalue weighted by molar-refractivity contribution is 0.0736. The van der Waals surface area contributed by atoms with E-state index in [-0.39, 0.29) is 0 Å². The predicted octanol–water partition coefficient (Wildman–Crippen LogP) is 3.22. The van der Waals surface area contributed by atoms with Crippen molar-refractivity contribution in [1.29, 1.82) is 0 Å². The first-order chi connectivity index (χ1) is 12.3. The third-order valence-electron chi connectivity index (χ3n) is 6.49. The van der Waals surface area contributed by atoms with Gasteiger partial charge in [0.05, 0.1) is 12.8 Å². The van der Waals surface area contributed by atoms with E-state index in [9.17, 15) is 0 Å². The normalized spacial score (nSPS) is 26.9. The van der Waals surface area contributed by atoms with E-state index in [0.29, 0.717) is 0 Å². The minimum Gasteiger partial charge on any atom is -0.495 e. The summed E-state index contributed by atoms with van der Waals surface area (Å²) in [5.41, 5.74) is 1.26. The Kier molecular flexibility index (Phi) is 5.47. The van der Waals surface area contributed by atoms with Gasteiger partial charge in [0.2, 0.25) is 0 Å². The Morgan fingerprint density at radius 3 is 2.28 bits per heavy atom. The molecule has 0 N–H and O–H groups in total. The van der Waals surface area contributed by atoms with Crippen LogP contribution in [0.3, 0.4) is 0 Å². The van der Waals surface area contributed by atoms with Gasteiger partial charge in [0.15, 0.2) is 0 Å². The third kappa shape index (κ3) is 3.80. The van der Waals surface area contributed by atoms with Crippen molar-refractivity contribution in [3.8, 4) is 5.75 Å². The summed E-state index contributed by atoms with van der Waals surface area (Å²) in [6.07, 6.45) is 8.18. The molecule has 3 heterocycles. The Labute approximate surface area is 152 Å². The van der Waals surface area contributed by atoms with Crippen LogP contribution >= 0.6 is 0 Å². The minimum atomic E-state index is 0.774. The molecule has 0 aliphatic carbocycles. The van der Waals surface area contributed by atoms with Crippen molar-refractivity contribution in [3.05, 3.63) is 24.3 Å². The van der Waals surface area contributed by atoms with E-state index in [0.717, 1.165) is 30.9 Å². The highest BCUT2D eigenvalue weighted by Gasteiger charge is 2.32. The SMILES string of the molecule is COc1ccccc1N1CCC(N2CCCC(N3CCCC3)C2)CC1. The number of methoxy groups -OCH3 is 1. The molecule has 4 heteroatoms. The molecule has 0 radical (unpaired) electrons. The molecule has 1 aromatic carbocycles. The second-order valence-electron chi connectivity index (χ2n) is 7.92. The molecule has 138 valence electrons. The summed E-state index contributed by atoms with van der Waals surface area (Å²) in [5.74, 6) is 1.01. The van der Waals surface area contributed by atoms with Crippen molar-refractivity contribution in [2.75, 3.05) is 51.3 Å². The first-order valence-electron chi connectivity index (χ1n) is 10.2. The molecule has 4 rings (SSSR count). The van der Waals surface area contributed by atoms with Gasteiger partial charge >= 0.3 is 0 Å². The molecular weight excluding hydrogens is 310 g/mol. The van der Waals surface area contributed by atoms with Crippen molar-refractivity contribution in [3.63, 3.8) is 0 Å². The number of anilines is 1. The van der Waals surface area contributed by atoms with E-state index in [1.165, 1.54) is 70.4 Å². The zero-order valence-corrected chi connectivity index (χ0v) is 15.7. The third-order valence-corrected chi connectivity index (χ3v) is 6.49. The molecule has 1 atom stereocenters. The molecule has 0 saturated carbocycles. The molecule has 1 unspecified atom stereocenters. The number of nitrogens with zero attached hydrogens (tertiary/aromatic N) is 3. The lowest BCUT2D eigenvalue weighted by atomic mass is 9.97. The number of ether oxygens (including phenoxy) is 1. The molecule has 0 spiro atoms. The fraction of sp³-hybridized carbons (Fsp3) is 0.714. The van der Waals surface area contributed by atoms with Gasteiger partial charge in [0, 0.05) is 31.7 Å². The summed E-state index contributed by atoms with van der Waals surface area (Å²) in [5, 5.41) is 0. The van der Waals surface area contributed by atoms with Gasteiger partial charge in [-0.05, 0) is 70.3 Å². The molecule has 3 aliphatic heterocycles. The Balaban J connectivity index is 1.33. The van der Waals surface area contributed by atoms with Gasteiger partial charge in [-0.1, -0.05) is 12.1 Å². The van der Waals surface area contributed by atoms with Crippen LogP contribution in [0, 0.1) is 0 Å². The number of piperidine rings is 2. The minimum absolute atomic E-state index is 0.774. The Morgan fingerprint density at radius 1 is 0.800 bits per heavy atom. The monoisotopic (exact) mass is 343 g/mol. The maximum Gasteiger partial charge on any atom is 0.142 e. The largest absolute Gasteiger partial charge is 0.495 e. The fourth-order valence-electron chi connectivity index (χ4n) is 5.08. The summed E-state index contributed by atoms with van der Waals surface area (Å²) in [6, 6.07) is 10.0. The second kappa shape index (κ2) is 7.96. The van der Waals surface area contributed by atoms with Crippen molar-refractivity contribution >= 4 is 5.69 Å². The van der Waals surface area contributed by atoms with E-state index in [2.05, 4.69) is 39.0 Å². The summed E-state index contributed by atoms with van der Waals surface area (Å²) < 4.78 is 5.56. The van der Waals surface area contributed by atoms with Crippen LogP contribution in [0.15, 0.2) is 24.3 Å². The summed E-state index contributed by atoms with van der Waals surface area (Å²) in [4.78, 5) is 8.08. The Bertz CT molecular complexity index is 550. The molecule has 0 bridgehead atoms. The van der Waals surface area contributed by atoms with E-state index >= 15 is 0 Å². The smallest absolute Gasteiger partial charge is 0.142 e. The number of para-hydroxylation sites is 2. The molecule has 0 aromatic heterocycles. The van der Waals surface area contributed by atoms with Gasteiger partial charge in [-0.25, -0.2) is 0 Å². The Hall–Kier alpha value is -1.26. The first kappa shape index (κ1) is 17.2. The summed E-state index contributed by atoms with van der Waals surface area (Å²) >= 11 is 0. The zero-order chi connectivity index (χ0) is 17.1. The second-order valence-corrected chi connectivity index (χ2v) is 7.92. The molecule has 3 fully saturated rings. The lowest BCUT2D eigenvalue weighted by Gasteiger charge is -2.44.